The highest BCUT2D eigenvalue weighted by molar-refractivity contribution is 5.93. The van der Waals surface area contributed by atoms with Crippen LogP contribution in [0.2, 0.25) is 0 Å². The fraction of sp³-hybridized carbons (Fsp3) is 0.474. The number of benzene rings is 1. The average Bonchev–Trinajstić information content (AvgIpc) is 3.04. The van der Waals surface area contributed by atoms with Crippen molar-refractivity contribution in [1.29, 1.82) is 0 Å². The highest BCUT2D eigenvalue weighted by Gasteiger charge is 2.33. The van der Waals surface area contributed by atoms with Crippen molar-refractivity contribution < 1.29 is 13.9 Å². The number of likely N-dealkylation sites (tertiary alicyclic amines) is 1. The minimum absolute atomic E-state index is 0.0426. The Labute approximate surface area is 152 Å². The third-order valence-electron chi connectivity index (χ3n) is 5.09. The van der Waals surface area contributed by atoms with Gasteiger partial charge in [-0.3, -0.25) is 9.48 Å². The summed E-state index contributed by atoms with van der Waals surface area (Å²) >= 11 is 0. The van der Waals surface area contributed by atoms with Crippen molar-refractivity contribution in [3.05, 3.63) is 47.5 Å². The number of ether oxygens (including phenoxy) is 1. The molecule has 2 aromatic rings. The number of fused-ring (bicyclic) bond motifs is 1. The number of halogens is 1. The molecule has 0 spiro atoms. The number of rotatable bonds is 4. The average molecular weight is 358 g/mol. The van der Waals surface area contributed by atoms with Crippen LogP contribution in [-0.2, 0) is 13.2 Å². The van der Waals surface area contributed by atoms with E-state index in [-0.39, 0.29) is 24.4 Å². The van der Waals surface area contributed by atoms with E-state index in [0.717, 1.165) is 25.9 Å². The lowest BCUT2D eigenvalue weighted by molar-refractivity contribution is 0.0500. The summed E-state index contributed by atoms with van der Waals surface area (Å²) in [5.41, 5.74) is 1.29. The lowest BCUT2D eigenvalue weighted by atomic mass is 10.0. The van der Waals surface area contributed by atoms with E-state index < -0.39 is 0 Å². The quantitative estimate of drug-likeness (QED) is 0.840. The molecule has 0 radical (unpaired) electrons. The van der Waals surface area contributed by atoms with Gasteiger partial charge in [0, 0.05) is 25.2 Å². The van der Waals surface area contributed by atoms with E-state index in [1.165, 1.54) is 12.1 Å². The van der Waals surface area contributed by atoms with Gasteiger partial charge in [-0.2, -0.15) is 5.10 Å². The Balaban J connectivity index is 1.45. The van der Waals surface area contributed by atoms with E-state index in [0.29, 0.717) is 30.2 Å². The third-order valence-corrected chi connectivity index (χ3v) is 5.09. The summed E-state index contributed by atoms with van der Waals surface area (Å²) in [5, 5.41) is 4.47. The largest absolute Gasteiger partial charge is 0.487 e. The number of aromatic nitrogens is 2. The predicted molar refractivity (Wildman–Crippen MR) is 94.5 cm³/mol. The van der Waals surface area contributed by atoms with Crippen molar-refractivity contribution in [1.82, 2.24) is 19.6 Å². The second-order valence-corrected chi connectivity index (χ2v) is 7.05. The molecule has 1 saturated heterocycles. The monoisotopic (exact) mass is 358 g/mol. The zero-order chi connectivity index (χ0) is 18.1. The lowest BCUT2D eigenvalue weighted by Crippen LogP contribution is -2.52. The van der Waals surface area contributed by atoms with Gasteiger partial charge in [-0.1, -0.05) is 6.07 Å². The van der Waals surface area contributed by atoms with Crippen molar-refractivity contribution in [3.63, 3.8) is 0 Å². The van der Waals surface area contributed by atoms with E-state index in [9.17, 15) is 9.18 Å². The number of piperidine rings is 1. The number of amides is 1. The van der Waals surface area contributed by atoms with E-state index in [1.54, 1.807) is 22.9 Å². The van der Waals surface area contributed by atoms with Gasteiger partial charge in [0.1, 0.15) is 29.6 Å². The molecule has 0 N–H and O–H groups in total. The van der Waals surface area contributed by atoms with Crippen LogP contribution in [0, 0.1) is 5.82 Å². The summed E-state index contributed by atoms with van der Waals surface area (Å²) in [7, 11) is 2.10. The minimum atomic E-state index is -0.338. The first-order valence-corrected chi connectivity index (χ1v) is 9.05. The molecule has 1 aromatic heterocycles. The number of carbonyl (C=O) groups is 1. The SMILES string of the molecule is CN1CCC[C@@H](N2CCn3nc(COc4cccc(F)c4)cc3C2=O)C1. The maximum atomic E-state index is 13.2. The Morgan fingerprint density at radius 1 is 1.27 bits per heavy atom. The van der Waals surface area contributed by atoms with Crippen molar-refractivity contribution in [2.75, 3.05) is 26.7 Å². The Hall–Kier alpha value is -2.41. The second-order valence-electron chi connectivity index (χ2n) is 7.05. The van der Waals surface area contributed by atoms with Gasteiger partial charge in [0.15, 0.2) is 0 Å². The Morgan fingerprint density at radius 3 is 2.96 bits per heavy atom. The zero-order valence-corrected chi connectivity index (χ0v) is 14.9. The molecule has 6 nitrogen and oxygen atoms in total. The molecule has 138 valence electrons. The molecule has 1 amide bonds. The van der Waals surface area contributed by atoms with E-state index >= 15 is 0 Å². The standard InChI is InChI=1S/C19H23FN4O2/c1-22-7-3-5-16(12-22)23-8-9-24-18(19(23)25)11-15(21-24)13-26-17-6-2-4-14(20)10-17/h2,4,6,10-11,16H,3,5,7-9,12-13H2,1H3/t16-/m1/s1. The van der Waals surface area contributed by atoms with Crippen LogP contribution in [-0.4, -0.2) is 58.2 Å². The molecule has 1 fully saturated rings. The Kier molecular flexibility index (Phi) is 4.63. The molecule has 1 aromatic carbocycles. The Morgan fingerprint density at radius 2 is 2.15 bits per heavy atom. The van der Waals surface area contributed by atoms with E-state index in [2.05, 4.69) is 17.0 Å². The minimum Gasteiger partial charge on any atom is -0.487 e. The van der Waals surface area contributed by atoms with Crippen LogP contribution in [0.15, 0.2) is 30.3 Å². The second kappa shape index (κ2) is 7.07. The third kappa shape index (κ3) is 3.44. The van der Waals surface area contributed by atoms with Crippen molar-refractivity contribution >= 4 is 5.91 Å². The lowest BCUT2D eigenvalue weighted by Gasteiger charge is -2.39. The van der Waals surface area contributed by atoms with Crippen LogP contribution < -0.4 is 4.74 Å². The molecular weight excluding hydrogens is 335 g/mol. The number of nitrogens with zero attached hydrogens (tertiary/aromatic N) is 4. The van der Waals surface area contributed by atoms with E-state index in [4.69, 9.17) is 4.74 Å². The number of carbonyl (C=O) groups excluding carboxylic acids is 1. The van der Waals surface area contributed by atoms with Crippen molar-refractivity contribution in [3.8, 4) is 5.75 Å². The molecule has 3 heterocycles. The van der Waals surface area contributed by atoms with Gasteiger partial charge in [0.05, 0.1) is 6.54 Å². The molecule has 0 unspecified atom stereocenters. The molecule has 0 bridgehead atoms. The smallest absolute Gasteiger partial charge is 0.272 e. The maximum absolute atomic E-state index is 13.2. The summed E-state index contributed by atoms with van der Waals surface area (Å²) in [6, 6.07) is 8.08. The molecule has 1 atom stereocenters. The van der Waals surface area contributed by atoms with Crippen LogP contribution >= 0.6 is 0 Å². The number of hydrogen-bond acceptors (Lipinski definition) is 4. The summed E-state index contributed by atoms with van der Waals surface area (Å²) in [6.45, 7) is 3.62. The van der Waals surface area contributed by atoms with Gasteiger partial charge >= 0.3 is 0 Å². The highest BCUT2D eigenvalue weighted by atomic mass is 19.1. The molecule has 26 heavy (non-hydrogen) atoms. The summed E-state index contributed by atoms with van der Waals surface area (Å²) < 4.78 is 20.6. The first kappa shape index (κ1) is 17.0. The molecule has 2 aliphatic rings. The normalized spacial score (nSPS) is 20.9. The van der Waals surface area contributed by atoms with Gasteiger partial charge in [-0.25, -0.2) is 4.39 Å². The summed E-state index contributed by atoms with van der Waals surface area (Å²) in [4.78, 5) is 17.2. The number of hydrogen-bond donors (Lipinski definition) is 0. The molecule has 0 saturated carbocycles. The topological polar surface area (TPSA) is 50.6 Å². The van der Waals surface area contributed by atoms with Crippen LogP contribution in [0.4, 0.5) is 4.39 Å². The fourth-order valence-electron chi connectivity index (χ4n) is 3.79. The highest BCUT2D eigenvalue weighted by Crippen LogP contribution is 2.22. The zero-order valence-electron chi connectivity index (χ0n) is 14.9. The predicted octanol–water partition coefficient (Wildman–Crippen LogP) is 2.15. The van der Waals surface area contributed by atoms with Crippen LogP contribution in [0.25, 0.3) is 0 Å². The summed E-state index contributed by atoms with van der Waals surface area (Å²) in [5.74, 6) is 0.158. The van der Waals surface area contributed by atoms with Gasteiger partial charge < -0.3 is 14.5 Å². The number of likely N-dealkylation sites (N-methyl/N-ethyl adjacent to an activating group) is 1. The van der Waals surface area contributed by atoms with Crippen molar-refractivity contribution in [2.24, 2.45) is 0 Å². The first-order valence-electron chi connectivity index (χ1n) is 9.05. The van der Waals surface area contributed by atoms with Crippen molar-refractivity contribution in [2.45, 2.75) is 32.0 Å². The van der Waals surface area contributed by atoms with E-state index in [1.807, 2.05) is 4.90 Å². The summed E-state index contributed by atoms with van der Waals surface area (Å²) in [6.07, 6.45) is 2.18. The van der Waals surface area contributed by atoms with Crippen LogP contribution in [0.3, 0.4) is 0 Å². The maximum Gasteiger partial charge on any atom is 0.272 e. The molecule has 4 rings (SSSR count). The molecule has 2 aliphatic heterocycles. The molecule has 0 aliphatic carbocycles. The van der Waals surface area contributed by atoms with Crippen LogP contribution in [0.5, 0.6) is 5.75 Å². The molecule has 7 heteroatoms. The van der Waals surface area contributed by atoms with Gasteiger partial charge in [-0.15, -0.1) is 0 Å². The first-order chi connectivity index (χ1) is 12.6. The van der Waals surface area contributed by atoms with Gasteiger partial charge in [-0.05, 0) is 44.6 Å². The van der Waals surface area contributed by atoms with Gasteiger partial charge in [0.25, 0.3) is 5.91 Å². The molecular formula is C19H23FN4O2. The van der Waals surface area contributed by atoms with Gasteiger partial charge in [0.2, 0.25) is 0 Å². The fourth-order valence-corrected chi connectivity index (χ4v) is 3.79. The Bertz CT molecular complexity index is 807. The van der Waals surface area contributed by atoms with Crippen LogP contribution in [0.1, 0.15) is 29.0 Å².